The van der Waals surface area contributed by atoms with Gasteiger partial charge in [-0.2, -0.15) is 0 Å². The molecule has 0 bridgehead atoms. The number of anilines is 1. The molecule has 2 rings (SSSR count). The van der Waals surface area contributed by atoms with E-state index in [9.17, 15) is 5.11 Å². The van der Waals surface area contributed by atoms with Gasteiger partial charge in [0.25, 0.3) is 0 Å². The van der Waals surface area contributed by atoms with Crippen LogP contribution in [0.2, 0.25) is 0 Å². The fourth-order valence-corrected chi connectivity index (χ4v) is 3.09. The summed E-state index contributed by atoms with van der Waals surface area (Å²) in [6, 6.07) is 6.03. The number of β-amino-alcohol motifs (C(OH)–C–C–N with tert-alkyl or cyclic N) is 1. The molecule has 0 radical (unpaired) electrons. The molecule has 106 valence electrons. The van der Waals surface area contributed by atoms with Crippen molar-refractivity contribution in [3.63, 3.8) is 0 Å². The molecule has 1 atom stereocenters. The summed E-state index contributed by atoms with van der Waals surface area (Å²) in [6.07, 6.45) is -0.277. The molecular weight excluding hydrogens is 258 g/mol. The number of nitrogens with zero attached hydrogens (tertiary/aromatic N) is 1. The van der Waals surface area contributed by atoms with E-state index >= 15 is 0 Å². The Morgan fingerprint density at radius 2 is 2.16 bits per heavy atom. The zero-order valence-corrected chi connectivity index (χ0v) is 12.2. The molecule has 1 aliphatic rings. The minimum absolute atomic E-state index is 0.277. The first-order valence-corrected chi connectivity index (χ1v) is 7.74. The second-order valence-corrected chi connectivity index (χ2v) is 6.13. The number of hydrogen-bond acceptors (Lipinski definition) is 5. The normalized spacial score (nSPS) is 18.4. The average Bonchev–Trinajstić information content (AvgIpc) is 2.41. The Hall–Kier alpha value is -0.750. The molecule has 1 heterocycles. The molecule has 19 heavy (non-hydrogen) atoms. The number of aliphatic hydroxyl groups is 1. The van der Waals surface area contributed by atoms with E-state index in [0.717, 1.165) is 49.7 Å². The van der Waals surface area contributed by atoms with Gasteiger partial charge >= 0.3 is 0 Å². The second-order valence-electron chi connectivity index (χ2n) is 5.03. The zero-order valence-electron chi connectivity index (χ0n) is 11.4. The van der Waals surface area contributed by atoms with Crippen LogP contribution < -0.4 is 11.1 Å². The van der Waals surface area contributed by atoms with Gasteiger partial charge in [-0.25, -0.2) is 0 Å². The number of nitrogen functional groups attached to an aromatic ring is 1. The summed E-state index contributed by atoms with van der Waals surface area (Å²) in [5.41, 5.74) is 7.72. The van der Waals surface area contributed by atoms with E-state index < -0.39 is 0 Å². The summed E-state index contributed by atoms with van der Waals surface area (Å²) in [7, 11) is 0. The lowest BCUT2D eigenvalue weighted by atomic mass is 10.2. The Morgan fingerprint density at radius 1 is 1.42 bits per heavy atom. The van der Waals surface area contributed by atoms with Gasteiger partial charge in [-0.1, -0.05) is 0 Å². The fourth-order valence-electron chi connectivity index (χ4n) is 2.17. The largest absolute Gasteiger partial charge is 0.399 e. The van der Waals surface area contributed by atoms with Crippen molar-refractivity contribution in [1.29, 1.82) is 0 Å². The van der Waals surface area contributed by atoms with Crippen LogP contribution in [0.1, 0.15) is 5.56 Å². The van der Waals surface area contributed by atoms with Crippen LogP contribution in [0.25, 0.3) is 0 Å². The number of nitrogens with one attached hydrogen (secondary N) is 1. The predicted octanol–water partition coefficient (Wildman–Crippen LogP) is 0.935. The molecule has 0 aromatic heterocycles. The number of piperazine rings is 1. The minimum atomic E-state index is -0.277. The lowest BCUT2D eigenvalue weighted by molar-refractivity contribution is 0.121. The van der Waals surface area contributed by atoms with Gasteiger partial charge in [0.05, 0.1) is 6.10 Å². The number of nitrogens with two attached hydrogens (primary N) is 1. The highest BCUT2D eigenvalue weighted by atomic mass is 32.2. The maximum Gasteiger partial charge on any atom is 0.0760 e. The third kappa shape index (κ3) is 4.69. The quantitative estimate of drug-likeness (QED) is 0.554. The summed E-state index contributed by atoms with van der Waals surface area (Å²) in [5.74, 6) is 0.729. The molecule has 1 fully saturated rings. The summed E-state index contributed by atoms with van der Waals surface area (Å²) in [5, 5.41) is 13.4. The van der Waals surface area contributed by atoms with E-state index in [1.807, 2.05) is 19.1 Å². The van der Waals surface area contributed by atoms with Gasteiger partial charge in [-0.15, -0.1) is 11.8 Å². The van der Waals surface area contributed by atoms with Crippen LogP contribution in [-0.4, -0.2) is 54.6 Å². The molecule has 1 saturated heterocycles. The highest BCUT2D eigenvalue weighted by Crippen LogP contribution is 2.23. The van der Waals surface area contributed by atoms with Crippen molar-refractivity contribution in [1.82, 2.24) is 10.2 Å². The minimum Gasteiger partial charge on any atom is -0.399 e. The standard InChI is InChI=1S/C14H23N3OS/c1-11-8-13(2-3-14(11)15)19-10-12(18)9-17-6-4-16-5-7-17/h2-3,8,12,16,18H,4-7,9-10,15H2,1H3. The van der Waals surface area contributed by atoms with E-state index in [4.69, 9.17) is 5.73 Å². The number of benzene rings is 1. The molecule has 4 N–H and O–H groups in total. The number of aliphatic hydroxyl groups excluding tert-OH is 1. The number of aryl methyl sites for hydroxylation is 1. The first kappa shape index (κ1) is 14.7. The zero-order chi connectivity index (χ0) is 13.7. The second kappa shape index (κ2) is 7.14. The van der Waals surface area contributed by atoms with Crippen molar-refractivity contribution >= 4 is 17.4 Å². The fraction of sp³-hybridized carbons (Fsp3) is 0.571. The Labute approximate surface area is 119 Å². The van der Waals surface area contributed by atoms with E-state index in [-0.39, 0.29) is 6.10 Å². The average molecular weight is 281 g/mol. The van der Waals surface area contributed by atoms with Crippen LogP contribution in [0.5, 0.6) is 0 Å². The van der Waals surface area contributed by atoms with Crippen molar-refractivity contribution < 1.29 is 5.11 Å². The summed E-state index contributed by atoms with van der Waals surface area (Å²) in [6.45, 7) is 6.89. The smallest absolute Gasteiger partial charge is 0.0760 e. The third-order valence-electron chi connectivity index (χ3n) is 3.36. The number of rotatable bonds is 5. The van der Waals surface area contributed by atoms with Gasteiger partial charge in [0.2, 0.25) is 0 Å². The molecule has 4 nitrogen and oxygen atoms in total. The summed E-state index contributed by atoms with van der Waals surface area (Å²) < 4.78 is 0. The monoisotopic (exact) mass is 281 g/mol. The first-order chi connectivity index (χ1) is 9.15. The highest BCUT2D eigenvalue weighted by molar-refractivity contribution is 7.99. The SMILES string of the molecule is Cc1cc(SCC(O)CN2CCNCC2)ccc1N. The summed E-state index contributed by atoms with van der Waals surface area (Å²) in [4.78, 5) is 3.49. The van der Waals surface area contributed by atoms with Crippen LogP contribution >= 0.6 is 11.8 Å². The number of hydrogen-bond donors (Lipinski definition) is 3. The van der Waals surface area contributed by atoms with Crippen LogP contribution in [0.3, 0.4) is 0 Å². The van der Waals surface area contributed by atoms with Crippen molar-refractivity contribution in [3.8, 4) is 0 Å². The van der Waals surface area contributed by atoms with Crippen LogP contribution in [-0.2, 0) is 0 Å². The van der Waals surface area contributed by atoms with Crippen molar-refractivity contribution in [2.45, 2.75) is 17.9 Å². The highest BCUT2D eigenvalue weighted by Gasteiger charge is 2.14. The Kier molecular flexibility index (Phi) is 5.51. The molecular formula is C14H23N3OS. The van der Waals surface area contributed by atoms with Gasteiger partial charge in [0, 0.05) is 49.1 Å². The van der Waals surface area contributed by atoms with Crippen molar-refractivity contribution in [2.24, 2.45) is 0 Å². The van der Waals surface area contributed by atoms with Gasteiger partial charge in [-0.3, -0.25) is 4.90 Å². The lowest BCUT2D eigenvalue weighted by Gasteiger charge is -2.28. The molecule has 5 heteroatoms. The van der Waals surface area contributed by atoms with E-state index in [1.165, 1.54) is 4.90 Å². The molecule has 1 aromatic carbocycles. The molecule has 0 amide bonds. The van der Waals surface area contributed by atoms with Crippen LogP contribution in [0, 0.1) is 6.92 Å². The molecule has 0 spiro atoms. The van der Waals surface area contributed by atoms with Crippen molar-refractivity contribution in [3.05, 3.63) is 23.8 Å². The maximum absolute atomic E-state index is 10.1. The topological polar surface area (TPSA) is 61.5 Å². The molecule has 1 unspecified atom stereocenters. The maximum atomic E-state index is 10.1. The van der Waals surface area contributed by atoms with Gasteiger partial charge in [0.15, 0.2) is 0 Å². The van der Waals surface area contributed by atoms with Crippen LogP contribution in [0.15, 0.2) is 23.1 Å². The van der Waals surface area contributed by atoms with Gasteiger partial charge < -0.3 is 16.2 Å². The Morgan fingerprint density at radius 3 is 2.84 bits per heavy atom. The molecule has 0 aliphatic carbocycles. The third-order valence-corrected chi connectivity index (χ3v) is 4.50. The van der Waals surface area contributed by atoms with E-state index in [1.54, 1.807) is 11.8 Å². The van der Waals surface area contributed by atoms with Gasteiger partial charge in [-0.05, 0) is 30.7 Å². The van der Waals surface area contributed by atoms with Crippen molar-refractivity contribution in [2.75, 3.05) is 44.2 Å². The molecule has 1 aliphatic heterocycles. The van der Waals surface area contributed by atoms with E-state index in [0.29, 0.717) is 0 Å². The van der Waals surface area contributed by atoms with E-state index in [2.05, 4.69) is 16.3 Å². The lowest BCUT2D eigenvalue weighted by Crippen LogP contribution is -2.46. The first-order valence-electron chi connectivity index (χ1n) is 6.75. The molecule has 0 saturated carbocycles. The van der Waals surface area contributed by atoms with Crippen LogP contribution in [0.4, 0.5) is 5.69 Å². The van der Waals surface area contributed by atoms with Gasteiger partial charge in [0.1, 0.15) is 0 Å². The Balaban J connectivity index is 1.75. The molecule has 1 aromatic rings. The Bertz CT molecular complexity index is 408. The predicted molar refractivity (Wildman–Crippen MR) is 81.6 cm³/mol. The number of thioether (sulfide) groups is 1. The summed E-state index contributed by atoms with van der Waals surface area (Å²) >= 11 is 1.69.